The number of allylic oxidation sites excluding steroid dienone is 1. The maximum absolute atomic E-state index is 12.1. The monoisotopic (exact) mass is 266 g/mol. The number of alkyl halides is 3. The van der Waals surface area contributed by atoms with Crippen molar-refractivity contribution in [1.29, 1.82) is 0 Å². The van der Waals surface area contributed by atoms with Crippen LogP contribution in [0.1, 0.15) is 13.8 Å². The number of phosphoric acid groups is 1. The van der Waals surface area contributed by atoms with Crippen LogP contribution in [-0.4, -0.2) is 19.4 Å². The van der Waals surface area contributed by atoms with E-state index in [0.717, 1.165) is 0 Å². The molecule has 0 rings (SSSR count). The Morgan fingerprint density at radius 2 is 1.69 bits per heavy atom. The molecule has 0 aromatic carbocycles. The van der Waals surface area contributed by atoms with Crippen molar-refractivity contribution in [3.63, 3.8) is 0 Å². The Morgan fingerprint density at radius 3 is 1.94 bits per heavy atom. The van der Waals surface area contributed by atoms with Crippen molar-refractivity contribution < 1.29 is 35.7 Å². The highest BCUT2D eigenvalue weighted by molar-refractivity contribution is 7.48. The molecule has 0 N–H and O–H groups in total. The fourth-order valence-corrected chi connectivity index (χ4v) is 1.86. The fourth-order valence-electron chi connectivity index (χ4n) is 0.660. The fraction of sp³-hybridized carbons (Fsp3) is 0.714. The standard InChI is InChI=1S/C7H11F4O4P/c1-3-13-16(12,14-4-2)15-6(5-8)7(9,10)11/h5H,3-4H2,1-2H3/b6-5-. The molecule has 16 heavy (non-hydrogen) atoms. The van der Waals surface area contributed by atoms with Crippen molar-refractivity contribution in [2.24, 2.45) is 0 Å². The Labute approximate surface area is 89.8 Å². The third kappa shape index (κ3) is 4.96. The number of halogens is 4. The molecule has 0 fully saturated rings. The molecule has 0 saturated heterocycles. The summed E-state index contributed by atoms with van der Waals surface area (Å²) in [5.74, 6) is -2.06. The third-order valence-corrected chi connectivity index (χ3v) is 2.73. The maximum Gasteiger partial charge on any atom is 0.530 e. The highest BCUT2D eigenvalue weighted by Gasteiger charge is 2.42. The second-order valence-electron chi connectivity index (χ2n) is 2.35. The SMILES string of the molecule is CCOP(=O)(OCC)O/C(=C\F)C(F)(F)F. The third-order valence-electron chi connectivity index (χ3n) is 1.16. The molecule has 0 unspecified atom stereocenters. The van der Waals surface area contributed by atoms with Crippen LogP contribution >= 0.6 is 7.82 Å². The summed E-state index contributed by atoms with van der Waals surface area (Å²) in [6, 6.07) is 0. The molecular formula is C7H11F4O4P. The summed E-state index contributed by atoms with van der Waals surface area (Å²) in [7, 11) is -4.42. The van der Waals surface area contributed by atoms with Crippen molar-refractivity contribution >= 4 is 7.82 Å². The first kappa shape index (κ1) is 15.4. The molecule has 96 valence electrons. The van der Waals surface area contributed by atoms with E-state index in [1.165, 1.54) is 13.8 Å². The number of rotatable bonds is 6. The minimum Gasteiger partial charge on any atom is -0.396 e. The van der Waals surface area contributed by atoms with Gasteiger partial charge in [0.15, 0.2) is 0 Å². The minimum absolute atomic E-state index is 0.200. The van der Waals surface area contributed by atoms with Gasteiger partial charge in [-0.05, 0) is 13.8 Å². The lowest BCUT2D eigenvalue weighted by molar-refractivity contribution is -0.121. The smallest absolute Gasteiger partial charge is 0.396 e. The van der Waals surface area contributed by atoms with Crippen molar-refractivity contribution in [2.45, 2.75) is 20.0 Å². The molecule has 0 spiro atoms. The van der Waals surface area contributed by atoms with Crippen LogP contribution in [0.25, 0.3) is 0 Å². The summed E-state index contributed by atoms with van der Waals surface area (Å²) in [5.41, 5.74) is 0. The van der Waals surface area contributed by atoms with Gasteiger partial charge in [0, 0.05) is 0 Å². The van der Waals surface area contributed by atoms with E-state index < -0.39 is 26.1 Å². The molecule has 4 nitrogen and oxygen atoms in total. The minimum atomic E-state index is -5.10. The van der Waals surface area contributed by atoms with Gasteiger partial charge in [-0.15, -0.1) is 0 Å². The summed E-state index contributed by atoms with van der Waals surface area (Å²) in [6.45, 7) is 2.35. The number of hydrogen-bond acceptors (Lipinski definition) is 4. The number of hydrogen-bond donors (Lipinski definition) is 0. The van der Waals surface area contributed by atoms with E-state index in [1.54, 1.807) is 0 Å². The van der Waals surface area contributed by atoms with Gasteiger partial charge in [-0.3, -0.25) is 9.05 Å². The van der Waals surface area contributed by atoms with Crippen LogP contribution in [0, 0.1) is 0 Å². The lowest BCUT2D eigenvalue weighted by atomic mass is 10.6. The van der Waals surface area contributed by atoms with Crippen LogP contribution < -0.4 is 0 Å². The first-order chi connectivity index (χ1) is 7.29. The summed E-state index contributed by atoms with van der Waals surface area (Å²) in [5, 5.41) is 0. The molecule has 0 aromatic heterocycles. The van der Waals surface area contributed by atoms with Gasteiger partial charge in [-0.2, -0.15) is 13.2 Å². The quantitative estimate of drug-likeness (QED) is 0.419. The second kappa shape index (κ2) is 6.22. The molecule has 0 amide bonds. The van der Waals surface area contributed by atoms with Gasteiger partial charge >= 0.3 is 14.0 Å². The predicted molar refractivity (Wildman–Crippen MR) is 47.2 cm³/mol. The lowest BCUT2D eigenvalue weighted by Crippen LogP contribution is -2.15. The zero-order valence-electron chi connectivity index (χ0n) is 8.58. The van der Waals surface area contributed by atoms with E-state index in [9.17, 15) is 22.1 Å². The predicted octanol–water partition coefficient (Wildman–Crippen LogP) is 3.56. The van der Waals surface area contributed by atoms with E-state index in [4.69, 9.17) is 0 Å². The van der Waals surface area contributed by atoms with Crippen LogP contribution in [0.3, 0.4) is 0 Å². The Kier molecular flexibility index (Phi) is 5.99. The highest BCUT2D eigenvalue weighted by atomic mass is 31.2. The Bertz CT molecular complexity index is 279. The molecule has 0 aliphatic rings. The zero-order chi connectivity index (χ0) is 12.8. The Balaban J connectivity index is 4.81. The summed E-state index contributed by atoms with van der Waals surface area (Å²) in [4.78, 5) is 0. The molecule has 0 bridgehead atoms. The molecule has 0 heterocycles. The Morgan fingerprint density at radius 1 is 1.25 bits per heavy atom. The second-order valence-corrected chi connectivity index (χ2v) is 3.94. The largest absolute Gasteiger partial charge is 0.530 e. The van der Waals surface area contributed by atoms with Gasteiger partial charge in [0.25, 0.3) is 0 Å². The normalized spacial score (nSPS) is 14.0. The lowest BCUT2D eigenvalue weighted by Gasteiger charge is -2.19. The summed E-state index contributed by atoms with van der Waals surface area (Å²) >= 11 is 0. The van der Waals surface area contributed by atoms with Gasteiger partial charge in [0.2, 0.25) is 5.76 Å². The summed E-state index contributed by atoms with van der Waals surface area (Å²) < 4.78 is 72.3. The molecule has 0 aromatic rings. The van der Waals surface area contributed by atoms with Crippen LogP contribution in [0.15, 0.2) is 12.1 Å². The van der Waals surface area contributed by atoms with E-state index in [-0.39, 0.29) is 13.2 Å². The van der Waals surface area contributed by atoms with Crippen molar-refractivity contribution in [2.75, 3.05) is 13.2 Å². The van der Waals surface area contributed by atoms with Gasteiger partial charge in [0.05, 0.1) is 13.2 Å². The summed E-state index contributed by atoms with van der Waals surface area (Å²) in [6.07, 6.45) is -5.94. The molecule has 9 heteroatoms. The van der Waals surface area contributed by atoms with Gasteiger partial charge in [-0.25, -0.2) is 8.96 Å². The first-order valence-corrected chi connectivity index (χ1v) is 5.71. The topological polar surface area (TPSA) is 44.8 Å². The maximum atomic E-state index is 12.1. The van der Waals surface area contributed by atoms with Crippen LogP contribution in [-0.2, 0) is 18.1 Å². The van der Waals surface area contributed by atoms with E-state index in [0.29, 0.717) is 0 Å². The average Bonchev–Trinajstić information content (AvgIpc) is 2.13. The number of phosphoric ester groups is 1. The van der Waals surface area contributed by atoms with E-state index in [1.807, 2.05) is 0 Å². The highest BCUT2D eigenvalue weighted by Crippen LogP contribution is 2.53. The van der Waals surface area contributed by atoms with Crippen molar-refractivity contribution in [3.8, 4) is 0 Å². The molecule has 0 saturated carbocycles. The van der Waals surface area contributed by atoms with E-state index >= 15 is 0 Å². The van der Waals surface area contributed by atoms with Gasteiger partial charge in [0.1, 0.15) is 6.33 Å². The molecule has 0 radical (unpaired) electrons. The Hall–Kier alpha value is -0.590. The molecule has 0 aliphatic carbocycles. The van der Waals surface area contributed by atoms with Crippen LogP contribution in [0.4, 0.5) is 17.6 Å². The average molecular weight is 266 g/mol. The van der Waals surface area contributed by atoms with Crippen LogP contribution in [0.5, 0.6) is 0 Å². The molecular weight excluding hydrogens is 255 g/mol. The van der Waals surface area contributed by atoms with Gasteiger partial charge in [-0.1, -0.05) is 0 Å². The van der Waals surface area contributed by atoms with Crippen LogP contribution in [0.2, 0.25) is 0 Å². The first-order valence-electron chi connectivity index (χ1n) is 4.25. The molecule has 0 atom stereocenters. The zero-order valence-corrected chi connectivity index (χ0v) is 9.48. The van der Waals surface area contributed by atoms with Crippen molar-refractivity contribution in [3.05, 3.63) is 12.1 Å². The van der Waals surface area contributed by atoms with Gasteiger partial charge < -0.3 is 4.52 Å². The van der Waals surface area contributed by atoms with E-state index in [2.05, 4.69) is 13.6 Å². The molecule has 0 aliphatic heterocycles. The van der Waals surface area contributed by atoms with Crippen molar-refractivity contribution in [1.82, 2.24) is 0 Å².